The third-order valence-corrected chi connectivity index (χ3v) is 3.80. The van der Waals surface area contributed by atoms with Crippen LogP contribution in [0.25, 0.3) is 17.1 Å². The van der Waals surface area contributed by atoms with Gasteiger partial charge >= 0.3 is 0 Å². The summed E-state index contributed by atoms with van der Waals surface area (Å²) in [4.78, 5) is 17.0. The molecule has 0 radical (unpaired) electrons. The normalized spacial score (nSPS) is 13.3. The van der Waals surface area contributed by atoms with Crippen LogP contribution in [0.4, 0.5) is 0 Å². The Kier molecular flexibility index (Phi) is 3.20. The monoisotopic (exact) mass is 283 g/mol. The van der Waals surface area contributed by atoms with E-state index >= 15 is 0 Å². The molecule has 0 amide bonds. The van der Waals surface area contributed by atoms with Crippen molar-refractivity contribution >= 4 is 28.4 Å². The molecule has 4 nitrogen and oxygen atoms in total. The van der Waals surface area contributed by atoms with Crippen molar-refractivity contribution in [2.24, 2.45) is 0 Å². The summed E-state index contributed by atoms with van der Waals surface area (Å²) >= 11 is 1.36. The van der Waals surface area contributed by atoms with Gasteiger partial charge in [0.15, 0.2) is 0 Å². The first-order valence-corrected chi connectivity index (χ1v) is 7.06. The molecule has 0 saturated heterocycles. The molecule has 0 aliphatic carbocycles. The lowest BCUT2D eigenvalue weighted by Gasteiger charge is -1.93. The Hall–Kier alpha value is -2.27. The minimum absolute atomic E-state index is 0.105. The number of fused-ring (bicyclic) bond motifs is 1. The summed E-state index contributed by atoms with van der Waals surface area (Å²) in [5, 5.41) is 4.09. The number of hydrogen-bond donors (Lipinski definition) is 0. The smallest absolute Gasteiger partial charge is 0.266 e. The molecule has 0 atom stereocenters. The maximum absolute atomic E-state index is 12.1. The fraction of sp³-hybridized carbons (Fsp3) is 0.133. The number of rotatable bonds is 2. The summed E-state index contributed by atoms with van der Waals surface area (Å²) in [6, 6.07) is 10.0. The first-order chi connectivity index (χ1) is 9.63. The summed E-state index contributed by atoms with van der Waals surface area (Å²) in [5.74, 6) is 0.622. The third kappa shape index (κ3) is 2.40. The van der Waals surface area contributed by atoms with Crippen molar-refractivity contribution in [3.63, 3.8) is 0 Å². The molecule has 20 heavy (non-hydrogen) atoms. The van der Waals surface area contributed by atoms with Crippen LogP contribution in [-0.2, 0) is 0 Å². The second-order valence-electron chi connectivity index (χ2n) is 4.57. The van der Waals surface area contributed by atoms with Gasteiger partial charge in [-0.15, -0.1) is 5.10 Å². The highest BCUT2D eigenvalue weighted by atomic mass is 32.1. The standard InChI is InChI=1S/C15H13N3OS/c1-10(8-12-6-4-3-5-7-12)9-13-14(19)18-15(20-13)16-11(2)17-18/h3-9H,1-2H3/b10-8+,13-9-. The number of benzene rings is 1. The zero-order chi connectivity index (χ0) is 14.1. The van der Waals surface area contributed by atoms with Crippen LogP contribution < -0.4 is 10.1 Å². The van der Waals surface area contributed by atoms with Crippen molar-refractivity contribution < 1.29 is 0 Å². The van der Waals surface area contributed by atoms with Crippen LogP contribution >= 0.6 is 11.3 Å². The van der Waals surface area contributed by atoms with E-state index in [-0.39, 0.29) is 5.56 Å². The van der Waals surface area contributed by atoms with E-state index in [4.69, 9.17) is 0 Å². The summed E-state index contributed by atoms with van der Waals surface area (Å²) in [7, 11) is 0. The first-order valence-electron chi connectivity index (χ1n) is 6.25. The van der Waals surface area contributed by atoms with Crippen molar-refractivity contribution in [2.45, 2.75) is 13.8 Å². The van der Waals surface area contributed by atoms with Crippen LogP contribution in [-0.4, -0.2) is 14.6 Å². The number of thiazole rings is 1. The van der Waals surface area contributed by atoms with Gasteiger partial charge in [-0.25, -0.2) is 4.98 Å². The van der Waals surface area contributed by atoms with Gasteiger partial charge in [-0.05, 0) is 31.1 Å². The molecule has 0 bridgehead atoms. The molecule has 0 unspecified atom stereocenters. The molecular formula is C15H13N3OS. The molecule has 3 rings (SSSR count). The molecule has 0 N–H and O–H groups in total. The zero-order valence-corrected chi connectivity index (χ0v) is 12.0. The van der Waals surface area contributed by atoms with Gasteiger partial charge in [-0.3, -0.25) is 4.79 Å². The minimum Gasteiger partial charge on any atom is -0.266 e. The second-order valence-corrected chi connectivity index (χ2v) is 5.58. The Balaban J connectivity index is 2.06. The van der Waals surface area contributed by atoms with E-state index in [1.54, 1.807) is 6.92 Å². The lowest BCUT2D eigenvalue weighted by Crippen LogP contribution is -2.23. The average Bonchev–Trinajstić information content (AvgIpc) is 2.90. The van der Waals surface area contributed by atoms with Gasteiger partial charge in [0.25, 0.3) is 5.56 Å². The van der Waals surface area contributed by atoms with Crippen LogP contribution in [0.3, 0.4) is 0 Å². The molecular weight excluding hydrogens is 270 g/mol. The van der Waals surface area contributed by atoms with Gasteiger partial charge < -0.3 is 0 Å². The van der Waals surface area contributed by atoms with Gasteiger partial charge in [0.1, 0.15) is 5.82 Å². The third-order valence-electron chi connectivity index (χ3n) is 2.84. The largest absolute Gasteiger partial charge is 0.291 e. The summed E-state index contributed by atoms with van der Waals surface area (Å²) in [5.41, 5.74) is 2.03. The SMILES string of the molecule is CC(/C=c1\sc2nc(C)nn2c1=O)=C\c1ccccc1. The number of aryl methyl sites for hydroxylation is 1. The van der Waals surface area contributed by atoms with Gasteiger partial charge in [-0.1, -0.05) is 47.7 Å². The van der Waals surface area contributed by atoms with E-state index in [9.17, 15) is 4.79 Å². The quantitative estimate of drug-likeness (QED) is 0.723. The Morgan fingerprint density at radius 2 is 2.05 bits per heavy atom. The fourth-order valence-corrected chi connectivity index (χ4v) is 3.00. The molecule has 100 valence electrons. The van der Waals surface area contributed by atoms with Crippen LogP contribution in [0.5, 0.6) is 0 Å². The van der Waals surface area contributed by atoms with Gasteiger partial charge in [0.2, 0.25) is 4.96 Å². The summed E-state index contributed by atoms with van der Waals surface area (Å²) in [6.45, 7) is 3.76. The number of hydrogen-bond acceptors (Lipinski definition) is 4. The van der Waals surface area contributed by atoms with Crippen LogP contribution in [0.2, 0.25) is 0 Å². The molecule has 0 aliphatic rings. The summed E-state index contributed by atoms with van der Waals surface area (Å²) in [6.07, 6.45) is 3.92. The lowest BCUT2D eigenvalue weighted by molar-refractivity contribution is 0.904. The fourth-order valence-electron chi connectivity index (χ4n) is 1.99. The van der Waals surface area contributed by atoms with E-state index in [2.05, 4.69) is 10.1 Å². The highest BCUT2D eigenvalue weighted by Gasteiger charge is 2.07. The predicted octanol–water partition coefficient (Wildman–Crippen LogP) is 2.06. The van der Waals surface area contributed by atoms with Crippen LogP contribution in [0.1, 0.15) is 18.3 Å². The Labute approximate surface area is 119 Å². The van der Waals surface area contributed by atoms with E-state index in [1.807, 2.05) is 49.4 Å². The van der Waals surface area contributed by atoms with Crippen LogP contribution in [0, 0.1) is 6.92 Å². The van der Waals surface area contributed by atoms with Crippen molar-refractivity contribution in [2.75, 3.05) is 0 Å². The molecule has 5 heteroatoms. The second kappa shape index (κ2) is 5.02. The van der Waals surface area contributed by atoms with Crippen molar-refractivity contribution in [3.8, 4) is 0 Å². The van der Waals surface area contributed by atoms with Crippen molar-refractivity contribution in [3.05, 3.63) is 62.2 Å². The van der Waals surface area contributed by atoms with E-state index in [0.717, 1.165) is 11.1 Å². The van der Waals surface area contributed by atoms with Gasteiger partial charge in [0.05, 0.1) is 4.53 Å². The van der Waals surface area contributed by atoms with Crippen molar-refractivity contribution in [1.29, 1.82) is 0 Å². The number of nitrogens with zero attached hydrogens (tertiary/aromatic N) is 3. The topological polar surface area (TPSA) is 47.3 Å². The molecule has 0 fully saturated rings. The predicted molar refractivity (Wildman–Crippen MR) is 81.6 cm³/mol. The van der Waals surface area contributed by atoms with E-state index < -0.39 is 0 Å². The first kappa shape index (κ1) is 12.7. The maximum Gasteiger partial charge on any atom is 0.291 e. The maximum atomic E-state index is 12.1. The van der Waals surface area contributed by atoms with Crippen molar-refractivity contribution in [1.82, 2.24) is 14.6 Å². The highest BCUT2D eigenvalue weighted by Crippen LogP contribution is 2.07. The Morgan fingerprint density at radius 3 is 2.75 bits per heavy atom. The van der Waals surface area contributed by atoms with Crippen LogP contribution in [0.15, 0.2) is 40.7 Å². The molecule has 0 spiro atoms. The zero-order valence-electron chi connectivity index (χ0n) is 11.2. The molecule has 3 aromatic rings. The molecule has 2 heterocycles. The summed E-state index contributed by atoms with van der Waals surface area (Å²) < 4.78 is 2.02. The highest BCUT2D eigenvalue weighted by molar-refractivity contribution is 7.15. The molecule has 1 aromatic carbocycles. The number of aromatic nitrogens is 3. The Morgan fingerprint density at radius 1 is 1.30 bits per heavy atom. The van der Waals surface area contributed by atoms with E-state index in [1.165, 1.54) is 15.9 Å². The average molecular weight is 283 g/mol. The van der Waals surface area contributed by atoms with Gasteiger partial charge in [-0.2, -0.15) is 4.52 Å². The molecule has 0 saturated carbocycles. The van der Waals surface area contributed by atoms with Gasteiger partial charge in [0, 0.05) is 0 Å². The lowest BCUT2D eigenvalue weighted by atomic mass is 10.1. The minimum atomic E-state index is -0.105. The number of allylic oxidation sites excluding steroid dienone is 1. The van der Waals surface area contributed by atoms with E-state index in [0.29, 0.717) is 15.3 Å². The molecule has 2 aromatic heterocycles. The Bertz CT molecular complexity index is 890. The molecule has 0 aliphatic heterocycles.